The van der Waals surface area contributed by atoms with Gasteiger partial charge < -0.3 is 14.6 Å². The fourth-order valence-corrected chi connectivity index (χ4v) is 9.89. The van der Waals surface area contributed by atoms with Crippen LogP contribution in [0.25, 0.3) is 0 Å². The maximum atomic E-state index is 12.6. The first-order valence-electron chi connectivity index (χ1n) is 12.7. The lowest BCUT2D eigenvalue weighted by Gasteiger charge is -2.67. The number of esters is 2. The Balaban J connectivity index is 1.63. The van der Waals surface area contributed by atoms with Gasteiger partial charge in [-0.25, -0.2) is 0 Å². The molecule has 9 atom stereocenters. The van der Waals surface area contributed by atoms with E-state index in [1.165, 1.54) is 25.0 Å². The SMILES string of the molecule is CC(=O)OC[C@]12[C@@H]3CCC4=C5[C@H](CC4)[C@H](C(=O)O)C[C@@]51[C@@H]1[C@H](C[C@@H]2OC(C)=O)[C@H](C)CN1C3. The molecule has 4 fully saturated rings. The van der Waals surface area contributed by atoms with E-state index in [4.69, 9.17) is 9.47 Å². The quantitative estimate of drug-likeness (QED) is 0.512. The highest BCUT2D eigenvalue weighted by Crippen LogP contribution is 2.77. The van der Waals surface area contributed by atoms with E-state index in [0.29, 0.717) is 18.3 Å². The summed E-state index contributed by atoms with van der Waals surface area (Å²) in [4.78, 5) is 39.7. The Bertz CT molecular complexity index is 958. The van der Waals surface area contributed by atoms with Crippen molar-refractivity contribution in [2.24, 2.45) is 40.4 Å². The first-order valence-corrected chi connectivity index (χ1v) is 12.7. The fraction of sp³-hybridized carbons (Fsp3) is 0.808. The smallest absolute Gasteiger partial charge is 0.307 e. The van der Waals surface area contributed by atoms with E-state index in [-0.39, 0.29) is 42.5 Å². The van der Waals surface area contributed by atoms with Crippen molar-refractivity contribution < 1.29 is 29.0 Å². The molecule has 0 unspecified atom stereocenters. The summed E-state index contributed by atoms with van der Waals surface area (Å²) in [6.45, 7) is 7.34. The molecule has 2 aliphatic heterocycles. The van der Waals surface area contributed by atoms with Crippen molar-refractivity contribution >= 4 is 17.9 Å². The Morgan fingerprint density at radius 3 is 2.58 bits per heavy atom. The third-order valence-electron chi connectivity index (χ3n) is 10.6. The van der Waals surface area contributed by atoms with Gasteiger partial charge in [-0.1, -0.05) is 18.1 Å². The summed E-state index contributed by atoms with van der Waals surface area (Å²) in [6, 6.07) is 0.235. The predicted octanol–water partition coefficient (Wildman–Crippen LogP) is 3.03. The molecule has 180 valence electrons. The molecule has 7 heteroatoms. The molecule has 0 aromatic rings. The molecule has 33 heavy (non-hydrogen) atoms. The summed E-state index contributed by atoms with van der Waals surface area (Å²) in [7, 11) is 0. The third-order valence-corrected chi connectivity index (χ3v) is 10.6. The summed E-state index contributed by atoms with van der Waals surface area (Å²) in [5.41, 5.74) is 1.86. The minimum Gasteiger partial charge on any atom is -0.481 e. The number of hydrogen-bond acceptors (Lipinski definition) is 6. The van der Waals surface area contributed by atoms with Crippen LogP contribution >= 0.6 is 0 Å². The molecule has 2 saturated heterocycles. The van der Waals surface area contributed by atoms with Gasteiger partial charge in [0.15, 0.2) is 0 Å². The molecule has 0 radical (unpaired) electrons. The van der Waals surface area contributed by atoms with Gasteiger partial charge in [0.25, 0.3) is 0 Å². The van der Waals surface area contributed by atoms with Crippen LogP contribution in [0.2, 0.25) is 0 Å². The molecule has 0 aromatic heterocycles. The highest BCUT2D eigenvalue weighted by Gasteiger charge is 2.79. The number of carboxylic acid groups (broad SMARTS) is 1. The molecule has 4 bridgehead atoms. The van der Waals surface area contributed by atoms with Crippen molar-refractivity contribution in [3.05, 3.63) is 11.1 Å². The first kappa shape index (κ1) is 21.6. The van der Waals surface area contributed by atoms with Crippen LogP contribution in [0.5, 0.6) is 0 Å². The number of nitrogens with zero attached hydrogens (tertiary/aromatic N) is 1. The zero-order valence-electron chi connectivity index (χ0n) is 19.8. The highest BCUT2D eigenvalue weighted by molar-refractivity contribution is 5.74. The normalized spacial score (nSPS) is 47.2. The van der Waals surface area contributed by atoms with Crippen molar-refractivity contribution in [3.8, 4) is 0 Å². The van der Waals surface area contributed by atoms with Crippen molar-refractivity contribution in [1.82, 2.24) is 4.90 Å². The Morgan fingerprint density at radius 1 is 1.12 bits per heavy atom. The Morgan fingerprint density at radius 2 is 1.88 bits per heavy atom. The number of carbonyl (C=O) groups is 3. The zero-order valence-corrected chi connectivity index (χ0v) is 19.8. The number of hydrogen-bond donors (Lipinski definition) is 1. The first-order chi connectivity index (χ1) is 15.7. The second-order valence-electron chi connectivity index (χ2n) is 11.7. The highest BCUT2D eigenvalue weighted by atomic mass is 16.6. The maximum Gasteiger partial charge on any atom is 0.307 e. The number of rotatable bonds is 4. The Hall–Kier alpha value is -1.89. The van der Waals surface area contributed by atoms with E-state index >= 15 is 0 Å². The number of allylic oxidation sites excluding steroid dienone is 1. The van der Waals surface area contributed by atoms with Crippen LogP contribution in [0, 0.1) is 40.4 Å². The summed E-state index contributed by atoms with van der Waals surface area (Å²) in [5.74, 6) is -0.689. The standard InChI is InChI=1S/C26H35NO6/c1-13-10-27-11-17-6-4-16-5-7-18-20(24(30)31)9-25(22(16)18)23(27)19(13)8-21(33-15(3)29)26(17,25)12-32-14(2)28/h13,17-21,23H,4-12H2,1-3H3,(H,30,31)/t13-,17-,18-,19-,20-,21+,23+,25+,26-/m1/s1. The molecular weight excluding hydrogens is 422 g/mol. The van der Waals surface area contributed by atoms with E-state index in [0.717, 1.165) is 45.2 Å². The minimum atomic E-state index is -0.710. The van der Waals surface area contributed by atoms with Gasteiger partial charge >= 0.3 is 17.9 Å². The number of ether oxygens (including phenoxy) is 2. The number of aliphatic carboxylic acids is 1. The lowest BCUT2D eigenvalue weighted by molar-refractivity contribution is -0.239. The summed E-state index contributed by atoms with van der Waals surface area (Å²) in [5, 5.41) is 10.3. The maximum absolute atomic E-state index is 12.6. The third kappa shape index (κ3) is 2.58. The zero-order chi connectivity index (χ0) is 23.3. The van der Waals surface area contributed by atoms with Gasteiger partial charge in [-0.2, -0.15) is 0 Å². The molecule has 2 saturated carbocycles. The molecule has 2 heterocycles. The molecule has 6 rings (SSSR count). The molecule has 4 aliphatic carbocycles. The van der Waals surface area contributed by atoms with Crippen LogP contribution in [0.1, 0.15) is 59.3 Å². The summed E-state index contributed by atoms with van der Waals surface area (Å²) in [6.07, 6.45) is 4.84. The predicted molar refractivity (Wildman–Crippen MR) is 118 cm³/mol. The lowest BCUT2D eigenvalue weighted by atomic mass is 9.42. The van der Waals surface area contributed by atoms with Crippen LogP contribution < -0.4 is 0 Å². The topological polar surface area (TPSA) is 93.1 Å². The number of carboxylic acids is 1. The van der Waals surface area contributed by atoms with Crippen molar-refractivity contribution in [2.75, 3.05) is 19.7 Å². The van der Waals surface area contributed by atoms with Gasteiger partial charge in [0.2, 0.25) is 0 Å². The van der Waals surface area contributed by atoms with Crippen molar-refractivity contribution in [3.63, 3.8) is 0 Å². The van der Waals surface area contributed by atoms with Crippen molar-refractivity contribution in [1.29, 1.82) is 0 Å². The largest absolute Gasteiger partial charge is 0.481 e. The van der Waals surface area contributed by atoms with E-state index in [9.17, 15) is 19.5 Å². The van der Waals surface area contributed by atoms with E-state index < -0.39 is 22.7 Å². The van der Waals surface area contributed by atoms with Gasteiger partial charge in [0.1, 0.15) is 12.7 Å². The van der Waals surface area contributed by atoms with Gasteiger partial charge in [-0.05, 0) is 62.2 Å². The lowest BCUT2D eigenvalue weighted by Crippen LogP contribution is -2.73. The molecule has 6 aliphatic rings. The Labute approximate surface area is 194 Å². The van der Waals surface area contributed by atoms with E-state index in [1.807, 2.05) is 0 Å². The van der Waals surface area contributed by atoms with Gasteiger partial charge in [0.05, 0.1) is 11.3 Å². The molecular formula is C26H35NO6. The minimum absolute atomic E-state index is 0.0561. The van der Waals surface area contributed by atoms with Crippen LogP contribution in [0.15, 0.2) is 11.1 Å². The number of piperidine rings is 1. The molecule has 0 aromatic carbocycles. The average Bonchev–Trinajstić information content (AvgIpc) is 3.37. The molecule has 7 nitrogen and oxygen atoms in total. The van der Waals surface area contributed by atoms with Gasteiger partial charge in [-0.15, -0.1) is 0 Å². The van der Waals surface area contributed by atoms with Crippen LogP contribution in [-0.2, 0) is 23.9 Å². The fourth-order valence-electron chi connectivity index (χ4n) is 9.89. The molecule has 1 N–H and O–H groups in total. The van der Waals surface area contributed by atoms with E-state index in [2.05, 4.69) is 11.8 Å². The Kier molecular flexibility index (Phi) is 4.63. The second-order valence-corrected chi connectivity index (χ2v) is 11.7. The average molecular weight is 458 g/mol. The monoisotopic (exact) mass is 457 g/mol. The van der Waals surface area contributed by atoms with Crippen LogP contribution in [0.4, 0.5) is 0 Å². The molecule has 1 spiro atoms. The van der Waals surface area contributed by atoms with Crippen LogP contribution in [-0.4, -0.2) is 59.8 Å². The van der Waals surface area contributed by atoms with Crippen molar-refractivity contribution in [2.45, 2.75) is 71.4 Å². The van der Waals surface area contributed by atoms with E-state index in [1.54, 1.807) is 0 Å². The molecule has 0 amide bonds. The van der Waals surface area contributed by atoms with Crippen LogP contribution in [0.3, 0.4) is 0 Å². The summed E-state index contributed by atoms with van der Waals surface area (Å²) < 4.78 is 12.0. The van der Waals surface area contributed by atoms with Gasteiger partial charge in [0, 0.05) is 38.4 Å². The summed E-state index contributed by atoms with van der Waals surface area (Å²) >= 11 is 0. The number of carbonyl (C=O) groups excluding carboxylic acids is 2. The second kappa shape index (κ2) is 7.06. The van der Waals surface area contributed by atoms with Gasteiger partial charge in [-0.3, -0.25) is 19.3 Å².